The third-order valence-electron chi connectivity index (χ3n) is 6.65. The first-order chi connectivity index (χ1) is 13.7. The molecule has 0 aromatic carbocycles. The second kappa shape index (κ2) is 11.1. The first-order valence-electron chi connectivity index (χ1n) is 11.1. The fourth-order valence-electron chi connectivity index (χ4n) is 4.62. The molecule has 2 N–H and O–H groups in total. The number of hydrogen-bond donors (Lipinski definition) is 2. The maximum atomic E-state index is 11.1. The molecule has 168 valence electrons. The Bertz CT molecular complexity index is 549. The van der Waals surface area contributed by atoms with Crippen molar-refractivity contribution in [3.8, 4) is 0 Å². The summed E-state index contributed by atoms with van der Waals surface area (Å²) in [6.07, 6.45) is 9.30. The number of carbonyl (C=O) groups excluding carboxylic acids is 1. The second-order valence-electron chi connectivity index (χ2n) is 9.34. The van der Waals surface area contributed by atoms with Crippen LogP contribution >= 0.6 is 11.6 Å². The van der Waals surface area contributed by atoms with Gasteiger partial charge in [0.25, 0.3) is 0 Å². The predicted molar refractivity (Wildman–Crippen MR) is 115 cm³/mol. The van der Waals surface area contributed by atoms with Crippen LogP contribution < -0.4 is 0 Å². The molecule has 0 radical (unpaired) electrons. The summed E-state index contributed by atoms with van der Waals surface area (Å²) >= 11 is 6.55. The summed E-state index contributed by atoms with van der Waals surface area (Å²) in [6, 6.07) is 0. The van der Waals surface area contributed by atoms with Crippen LogP contribution in [0.2, 0.25) is 0 Å². The van der Waals surface area contributed by atoms with Gasteiger partial charge in [-0.1, -0.05) is 45.8 Å². The number of halogens is 1. The summed E-state index contributed by atoms with van der Waals surface area (Å²) in [4.78, 5) is 11.1. The molecule has 1 heterocycles. The maximum Gasteiger partial charge on any atom is 0.305 e. The Morgan fingerprint density at radius 2 is 2.07 bits per heavy atom. The van der Waals surface area contributed by atoms with Gasteiger partial charge in [0, 0.05) is 17.7 Å². The fourth-order valence-corrected chi connectivity index (χ4v) is 5.07. The number of unbranched alkanes of at least 4 members (excludes halogenated alkanes) is 2. The molecule has 1 aliphatic carbocycles. The number of methoxy groups -OCH3 is 1. The lowest BCUT2D eigenvalue weighted by molar-refractivity contribution is -0.140. The van der Waals surface area contributed by atoms with Crippen molar-refractivity contribution >= 4 is 17.6 Å². The molecule has 1 saturated carbocycles. The van der Waals surface area contributed by atoms with E-state index in [0.717, 1.165) is 38.5 Å². The molecule has 0 bridgehead atoms. The van der Waals surface area contributed by atoms with Crippen molar-refractivity contribution in [3.05, 3.63) is 12.2 Å². The highest BCUT2D eigenvalue weighted by Gasteiger charge is 2.59. The van der Waals surface area contributed by atoms with E-state index in [0.29, 0.717) is 12.8 Å². The van der Waals surface area contributed by atoms with Gasteiger partial charge in [0.05, 0.1) is 25.4 Å². The maximum absolute atomic E-state index is 11.1. The number of esters is 1. The molecule has 2 rings (SSSR count). The molecule has 2 fully saturated rings. The van der Waals surface area contributed by atoms with Gasteiger partial charge in [-0.25, -0.2) is 0 Å². The van der Waals surface area contributed by atoms with Crippen molar-refractivity contribution in [2.24, 2.45) is 17.3 Å². The van der Waals surface area contributed by atoms with Crippen LogP contribution in [0.4, 0.5) is 0 Å². The number of allylic oxidation sites excluding steroid dienone is 2. The van der Waals surface area contributed by atoms with Gasteiger partial charge in [0.1, 0.15) is 6.10 Å². The van der Waals surface area contributed by atoms with Crippen molar-refractivity contribution in [2.45, 2.75) is 102 Å². The number of aliphatic hydroxyl groups is 2. The first-order valence-corrected chi connectivity index (χ1v) is 11.5. The molecule has 2 unspecified atom stereocenters. The van der Waals surface area contributed by atoms with Gasteiger partial charge in [0.15, 0.2) is 0 Å². The third-order valence-corrected chi connectivity index (χ3v) is 7.15. The average Bonchev–Trinajstić information content (AvgIpc) is 3.41. The average molecular weight is 431 g/mol. The molecule has 0 spiro atoms. The molecule has 0 aromatic heterocycles. The minimum atomic E-state index is -0.532. The number of rotatable bonds is 12. The normalized spacial score (nSPS) is 33.2. The minimum Gasteiger partial charge on any atom is -0.469 e. The summed E-state index contributed by atoms with van der Waals surface area (Å²) in [7, 11) is 1.40. The van der Waals surface area contributed by atoms with E-state index < -0.39 is 12.2 Å². The fraction of sp³-hybridized carbons (Fsp3) is 0.870. The SMILES string of the molecule is CCCCC(C)(C)[C@H](O)C1OC1[C@@H]1[C@@H](C/C=C\CCCC(=O)OC)[C@H](Cl)C[C@H]1O. The van der Waals surface area contributed by atoms with Crippen LogP contribution in [0.3, 0.4) is 0 Å². The van der Waals surface area contributed by atoms with Gasteiger partial charge in [-0.2, -0.15) is 0 Å². The van der Waals surface area contributed by atoms with E-state index in [2.05, 4.69) is 37.7 Å². The van der Waals surface area contributed by atoms with Crippen LogP contribution in [0.25, 0.3) is 0 Å². The highest BCUT2D eigenvalue weighted by atomic mass is 35.5. The monoisotopic (exact) mass is 430 g/mol. The first kappa shape index (κ1) is 24.6. The predicted octanol–water partition coefficient (Wildman–Crippen LogP) is 4.23. The van der Waals surface area contributed by atoms with Crippen LogP contribution in [-0.4, -0.2) is 53.1 Å². The summed E-state index contributed by atoms with van der Waals surface area (Å²) in [5.74, 6) is -0.0983. The number of alkyl halides is 1. The summed E-state index contributed by atoms with van der Waals surface area (Å²) < 4.78 is 10.6. The van der Waals surface area contributed by atoms with Gasteiger partial charge in [0.2, 0.25) is 0 Å². The van der Waals surface area contributed by atoms with Crippen molar-refractivity contribution < 1.29 is 24.5 Å². The highest BCUT2D eigenvalue weighted by Crippen LogP contribution is 2.50. The molecule has 29 heavy (non-hydrogen) atoms. The van der Waals surface area contributed by atoms with E-state index in [1.165, 1.54) is 7.11 Å². The molecular weight excluding hydrogens is 392 g/mol. The van der Waals surface area contributed by atoms with Gasteiger partial charge in [-0.15, -0.1) is 11.6 Å². The molecular formula is C23H39ClO5. The molecule has 6 heteroatoms. The molecule has 2 aliphatic rings. The molecule has 7 atom stereocenters. The van der Waals surface area contributed by atoms with E-state index in [1.54, 1.807) is 0 Å². The van der Waals surface area contributed by atoms with E-state index in [-0.39, 0.29) is 40.8 Å². The molecule has 1 saturated heterocycles. The van der Waals surface area contributed by atoms with E-state index >= 15 is 0 Å². The Balaban J connectivity index is 1.88. The number of carbonyl (C=O) groups is 1. The molecule has 5 nitrogen and oxygen atoms in total. The van der Waals surface area contributed by atoms with Crippen LogP contribution in [0.5, 0.6) is 0 Å². The number of ether oxygens (including phenoxy) is 2. The van der Waals surface area contributed by atoms with Crippen molar-refractivity contribution in [3.63, 3.8) is 0 Å². The summed E-state index contributed by atoms with van der Waals surface area (Å²) in [6.45, 7) is 6.34. The topological polar surface area (TPSA) is 79.3 Å². The Morgan fingerprint density at radius 1 is 1.34 bits per heavy atom. The van der Waals surface area contributed by atoms with Crippen molar-refractivity contribution in [1.29, 1.82) is 0 Å². The van der Waals surface area contributed by atoms with E-state index in [4.69, 9.17) is 16.3 Å². The van der Waals surface area contributed by atoms with E-state index in [9.17, 15) is 15.0 Å². The van der Waals surface area contributed by atoms with Gasteiger partial charge in [-0.05, 0) is 43.4 Å². The zero-order chi connectivity index (χ0) is 21.6. The van der Waals surface area contributed by atoms with Gasteiger partial charge in [-0.3, -0.25) is 4.79 Å². The van der Waals surface area contributed by atoms with Crippen LogP contribution in [-0.2, 0) is 14.3 Å². The largest absolute Gasteiger partial charge is 0.469 e. The lowest BCUT2D eigenvalue weighted by atomic mass is 9.77. The zero-order valence-corrected chi connectivity index (χ0v) is 19.1. The standard InChI is InChI=1S/C23H39ClO5/c1-5-6-13-23(2,3)22(27)21-20(29-21)19-15(16(24)14-17(19)25)11-9-7-8-10-12-18(26)28-4/h7,9,15-17,19-22,25,27H,5-6,8,10-14H2,1-4H3/b9-7-/t15-,16+,17+,19+,20?,21?,22+/m0/s1. The minimum absolute atomic E-state index is 0.0427. The van der Waals surface area contributed by atoms with Gasteiger partial charge < -0.3 is 19.7 Å². The smallest absolute Gasteiger partial charge is 0.305 e. The number of hydrogen-bond acceptors (Lipinski definition) is 5. The van der Waals surface area contributed by atoms with Gasteiger partial charge >= 0.3 is 5.97 Å². The third kappa shape index (κ3) is 6.68. The Morgan fingerprint density at radius 3 is 2.72 bits per heavy atom. The van der Waals surface area contributed by atoms with Crippen LogP contribution in [0, 0.1) is 17.3 Å². The Labute approximate surface area is 180 Å². The molecule has 1 aliphatic heterocycles. The Kier molecular flexibility index (Phi) is 9.46. The van der Waals surface area contributed by atoms with E-state index in [1.807, 2.05) is 0 Å². The highest BCUT2D eigenvalue weighted by molar-refractivity contribution is 6.21. The number of aliphatic hydroxyl groups excluding tert-OH is 2. The zero-order valence-electron chi connectivity index (χ0n) is 18.4. The molecule has 0 amide bonds. The summed E-state index contributed by atoms with van der Waals surface area (Å²) in [5.41, 5.74) is -0.200. The summed E-state index contributed by atoms with van der Waals surface area (Å²) in [5, 5.41) is 21.4. The second-order valence-corrected chi connectivity index (χ2v) is 9.90. The lowest BCUT2D eigenvalue weighted by Gasteiger charge is -2.30. The number of epoxide rings is 1. The Hall–Kier alpha value is -0.620. The lowest BCUT2D eigenvalue weighted by Crippen LogP contribution is -2.37. The van der Waals surface area contributed by atoms with Crippen LogP contribution in [0.1, 0.15) is 72.1 Å². The van der Waals surface area contributed by atoms with Crippen LogP contribution in [0.15, 0.2) is 12.2 Å². The van der Waals surface area contributed by atoms with Crippen molar-refractivity contribution in [2.75, 3.05) is 7.11 Å². The van der Waals surface area contributed by atoms with Crippen molar-refractivity contribution in [1.82, 2.24) is 0 Å². The molecule has 0 aromatic rings. The quantitative estimate of drug-likeness (QED) is 0.159.